The largest absolute Gasteiger partial charge is 0.279 e. The van der Waals surface area contributed by atoms with Crippen LogP contribution in [0.25, 0.3) is 0 Å². The van der Waals surface area contributed by atoms with Crippen molar-refractivity contribution in [1.29, 1.82) is 0 Å². The molecule has 0 amide bonds. The van der Waals surface area contributed by atoms with Gasteiger partial charge >= 0.3 is 0 Å². The number of para-hydroxylation sites is 2. The van der Waals surface area contributed by atoms with Gasteiger partial charge in [0, 0.05) is 10.0 Å². The number of benzene rings is 4. The molecule has 0 saturated heterocycles. The Kier molecular flexibility index (Phi) is 9.34. The lowest BCUT2D eigenvalue weighted by Gasteiger charge is -1.98. The number of anilines is 2. The fraction of sp³-hybridized carbons (Fsp3) is 0. The Morgan fingerprint density at radius 2 is 0.812 bits per heavy atom. The van der Waals surface area contributed by atoms with Crippen LogP contribution >= 0.6 is 23.2 Å². The van der Waals surface area contributed by atoms with E-state index in [1.54, 1.807) is 12.4 Å². The molecule has 0 fully saturated rings. The Hall–Kier alpha value is -3.60. The molecule has 0 unspecified atom stereocenters. The van der Waals surface area contributed by atoms with Gasteiger partial charge in [-0.25, -0.2) is 0 Å². The Morgan fingerprint density at radius 1 is 0.469 bits per heavy atom. The van der Waals surface area contributed by atoms with Crippen LogP contribution in [-0.4, -0.2) is 12.4 Å². The number of hydrogen-bond acceptors (Lipinski definition) is 4. The van der Waals surface area contributed by atoms with E-state index in [4.69, 9.17) is 23.2 Å². The first-order valence-electron chi connectivity index (χ1n) is 9.88. The molecular formula is C26H22Cl2N4. The van der Waals surface area contributed by atoms with Gasteiger partial charge in [0.2, 0.25) is 0 Å². The monoisotopic (exact) mass is 460 g/mol. The predicted octanol–water partition coefficient (Wildman–Crippen LogP) is 7.57. The quantitative estimate of drug-likeness (QED) is 0.230. The lowest BCUT2D eigenvalue weighted by Crippen LogP contribution is -1.89. The van der Waals surface area contributed by atoms with Gasteiger partial charge in [-0.15, -0.1) is 0 Å². The number of halogens is 2. The molecule has 4 aromatic carbocycles. The summed E-state index contributed by atoms with van der Waals surface area (Å²) >= 11 is 11.6. The number of nitrogens with one attached hydrogen (secondary N) is 2. The zero-order chi connectivity index (χ0) is 22.4. The zero-order valence-electron chi connectivity index (χ0n) is 17.2. The maximum absolute atomic E-state index is 5.78. The van der Waals surface area contributed by atoms with Gasteiger partial charge in [0.25, 0.3) is 0 Å². The van der Waals surface area contributed by atoms with Gasteiger partial charge < -0.3 is 0 Å². The minimum atomic E-state index is 0.730. The molecule has 0 aliphatic carbocycles. The lowest BCUT2D eigenvalue weighted by molar-refractivity contribution is 1.35. The molecule has 0 radical (unpaired) electrons. The second kappa shape index (κ2) is 13.0. The summed E-state index contributed by atoms with van der Waals surface area (Å²) < 4.78 is 0. The van der Waals surface area contributed by atoms with Gasteiger partial charge in [-0.1, -0.05) is 83.9 Å². The molecule has 0 aliphatic rings. The summed E-state index contributed by atoms with van der Waals surface area (Å²) in [6.45, 7) is 0. The Labute approximate surface area is 198 Å². The number of hydrazone groups is 2. The van der Waals surface area contributed by atoms with E-state index in [-0.39, 0.29) is 0 Å². The first-order chi connectivity index (χ1) is 15.7. The molecule has 0 atom stereocenters. The van der Waals surface area contributed by atoms with Crippen molar-refractivity contribution in [3.8, 4) is 0 Å². The summed E-state index contributed by atoms with van der Waals surface area (Å²) in [5.41, 5.74) is 9.83. The van der Waals surface area contributed by atoms with Crippen LogP contribution in [0.15, 0.2) is 119 Å². The second-order valence-corrected chi connectivity index (χ2v) is 7.45. The van der Waals surface area contributed by atoms with Crippen LogP contribution in [0.5, 0.6) is 0 Å². The van der Waals surface area contributed by atoms with Crippen LogP contribution in [0.4, 0.5) is 11.4 Å². The van der Waals surface area contributed by atoms with E-state index < -0.39 is 0 Å². The normalized spacial score (nSPS) is 10.6. The molecule has 160 valence electrons. The molecule has 0 spiro atoms. The fourth-order valence-corrected chi connectivity index (χ4v) is 2.74. The number of nitrogens with zero attached hydrogens (tertiary/aromatic N) is 2. The third-order valence-electron chi connectivity index (χ3n) is 4.10. The van der Waals surface area contributed by atoms with Crippen molar-refractivity contribution in [2.45, 2.75) is 0 Å². The average Bonchev–Trinajstić information content (AvgIpc) is 2.84. The summed E-state index contributed by atoms with van der Waals surface area (Å²) in [5.74, 6) is 0. The van der Waals surface area contributed by atoms with E-state index in [1.807, 2.05) is 109 Å². The van der Waals surface area contributed by atoms with E-state index in [1.165, 1.54) is 0 Å². The molecule has 4 rings (SSSR count). The van der Waals surface area contributed by atoms with E-state index in [0.717, 1.165) is 32.5 Å². The van der Waals surface area contributed by atoms with E-state index in [9.17, 15) is 0 Å². The molecular weight excluding hydrogens is 439 g/mol. The minimum absolute atomic E-state index is 0.730. The molecule has 6 heteroatoms. The summed E-state index contributed by atoms with van der Waals surface area (Å²) in [6, 6.07) is 34.6. The third-order valence-corrected chi connectivity index (χ3v) is 4.61. The van der Waals surface area contributed by atoms with Crippen molar-refractivity contribution in [3.63, 3.8) is 0 Å². The first kappa shape index (κ1) is 23.1. The highest BCUT2D eigenvalue weighted by Crippen LogP contribution is 2.10. The van der Waals surface area contributed by atoms with Crippen molar-refractivity contribution >= 4 is 47.0 Å². The Balaban J connectivity index is 0.000000181. The third kappa shape index (κ3) is 8.64. The summed E-state index contributed by atoms with van der Waals surface area (Å²) in [7, 11) is 0. The Morgan fingerprint density at radius 3 is 1.16 bits per heavy atom. The molecule has 0 aliphatic heterocycles. The highest BCUT2D eigenvalue weighted by molar-refractivity contribution is 6.30. The standard InChI is InChI=1S/2C13H11ClN2/c2*14-12-8-6-11(7-9-12)10-15-16-13-4-2-1-3-5-13/h2*1-10,16H/b2*15-10+. The van der Waals surface area contributed by atoms with Crippen LogP contribution in [-0.2, 0) is 0 Å². The number of hydrogen-bond donors (Lipinski definition) is 2. The lowest BCUT2D eigenvalue weighted by atomic mass is 10.2. The van der Waals surface area contributed by atoms with Crippen LogP contribution in [0, 0.1) is 0 Å². The van der Waals surface area contributed by atoms with Gasteiger partial charge in [-0.3, -0.25) is 10.9 Å². The first-order valence-corrected chi connectivity index (χ1v) is 10.6. The molecule has 32 heavy (non-hydrogen) atoms. The Bertz CT molecular complexity index is 1020. The molecule has 2 N–H and O–H groups in total. The molecule has 0 aromatic heterocycles. The SMILES string of the molecule is Clc1ccc(/C=N/Nc2ccccc2)cc1.Clc1ccc(/C=N/Nc2ccccc2)cc1. The topological polar surface area (TPSA) is 48.8 Å². The molecule has 4 aromatic rings. The molecule has 4 nitrogen and oxygen atoms in total. The van der Waals surface area contributed by atoms with Crippen molar-refractivity contribution in [1.82, 2.24) is 0 Å². The maximum Gasteiger partial charge on any atom is 0.0561 e. The van der Waals surface area contributed by atoms with Crippen LogP contribution in [0.3, 0.4) is 0 Å². The fourth-order valence-electron chi connectivity index (χ4n) is 2.49. The van der Waals surface area contributed by atoms with E-state index in [0.29, 0.717) is 0 Å². The maximum atomic E-state index is 5.78. The summed E-state index contributed by atoms with van der Waals surface area (Å²) in [4.78, 5) is 0. The van der Waals surface area contributed by atoms with Crippen molar-refractivity contribution < 1.29 is 0 Å². The van der Waals surface area contributed by atoms with Crippen LogP contribution < -0.4 is 10.9 Å². The summed E-state index contributed by atoms with van der Waals surface area (Å²) in [5, 5.41) is 9.71. The summed E-state index contributed by atoms with van der Waals surface area (Å²) in [6.07, 6.45) is 3.51. The van der Waals surface area contributed by atoms with Crippen LogP contribution in [0.2, 0.25) is 10.0 Å². The van der Waals surface area contributed by atoms with Crippen molar-refractivity contribution in [2.24, 2.45) is 10.2 Å². The van der Waals surface area contributed by atoms with Gasteiger partial charge in [-0.05, 0) is 59.7 Å². The van der Waals surface area contributed by atoms with Gasteiger partial charge in [0.1, 0.15) is 0 Å². The van der Waals surface area contributed by atoms with Crippen LogP contribution in [0.1, 0.15) is 11.1 Å². The predicted molar refractivity (Wildman–Crippen MR) is 138 cm³/mol. The van der Waals surface area contributed by atoms with Crippen molar-refractivity contribution in [3.05, 3.63) is 130 Å². The smallest absolute Gasteiger partial charge is 0.0561 e. The average molecular weight is 461 g/mol. The van der Waals surface area contributed by atoms with E-state index >= 15 is 0 Å². The second-order valence-electron chi connectivity index (χ2n) is 6.58. The van der Waals surface area contributed by atoms with Gasteiger partial charge in [0.15, 0.2) is 0 Å². The molecule has 0 saturated carbocycles. The molecule has 0 bridgehead atoms. The highest BCUT2D eigenvalue weighted by atomic mass is 35.5. The minimum Gasteiger partial charge on any atom is -0.279 e. The van der Waals surface area contributed by atoms with E-state index in [2.05, 4.69) is 21.1 Å². The van der Waals surface area contributed by atoms with Crippen molar-refractivity contribution in [2.75, 3.05) is 10.9 Å². The van der Waals surface area contributed by atoms with Gasteiger partial charge in [0.05, 0.1) is 23.8 Å². The highest BCUT2D eigenvalue weighted by Gasteiger charge is 1.90. The number of rotatable bonds is 6. The zero-order valence-corrected chi connectivity index (χ0v) is 18.7. The van der Waals surface area contributed by atoms with Gasteiger partial charge in [-0.2, -0.15) is 10.2 Å². The molecule has 0 heterocycles.